The van der Waals surface area contributed by atoms with Crippen molar-refractivity contribution in [3.63, 3.8) is 0 Å². The summed E-state index contributed by atoms with van der Waals surface area (Å²) >= 11 is 0. The van der Waals surface area contributed by atoms with Crippen molar-refractivity contribution in [1.82, 2.24) is 4.90 Å². The van der Waals surface area contributed by atoms with Gasteiger partial charge in [-0.1, -0.05) is 18.2 Å². The molecule has 2 amide bonds. The lowest BCUT2D eigenvalue weighted by atomic mass is 9.59. The van der Waals surface area contributed by atoms with Gasteiger partial charge in [0.15, 0.2) is 11.5 Å². The summed E-state index contributed by atoms with van der Waals surface area (Å²) in [7, 11) is 4.45. The number of anilines is 1. The van der Waals surface area contributed by atoms with E-state index in [4.69, 9.17) is 18.9 Å². The van der Waals surface area contributed by atoms with E-state index in [1.165, 1.54) is 7.11 Å². The molecular formula is C30H34N2O7. The van der Waals surface area contributed by atoms with E-state index < -0.39 is 40.9 Å². The maximum atomic E-state index is 14.9. The van der Waals surface area contributed by atoms with Gasteiger partial charge in [0, 0.05) is 6.54 Å². The van der Waals surface area contributed by atoms with E-state index in [9.17, 15) is 14.4 Å². The molecule has 39 heavy (non-hydrogen) atoms. The minimum absolute atomic E-state index is 0.396. The Morgan fingerprint density at radius 1 is 1.03 bits per heavy atom. The van der Waals surface area contributed by atoms with Gasteiger partial charge in [-0.15, -0.1) is 0 Å². The second kappa shape index (κ2) is 9.32. The summed E-state index contributed by atoms with van der Waals surface area (Å²) < 4.78 is 22.2. The molecule has 0 saturated carbocycles. The number of benzene rings is 2. The van der Waals surface area contributed by atoms with E-state index in [0.29, 0.717) is 41.3 Å². The van der Waals surface area contributed by atoms with Crippen LogP contribution >= 0.6 is 0 Å². The average molecular weight is 535 g/mol. The first kappa shape index (κ1) is 26.6. The van der Waals surface area contributed by atoms with Crippen molar-refractivity contribution in [2.45, 2.75) is 51.2 Å². The highest BCUT2D eigenvalue weighted by molar-refractivity contribution is 6.23. The smallest absolute Gasteiger partial charge is 0.421 e. The normalized spacial score (nSPS) is 23.5. The number of fused-ring (bicyclic) bond motifs is 6. The van der Waals surface area contributed by atoms with E-state index in [0.717, 1.165) is 16.0 Å². The molecule has 0 radical (unpaired) electrons. The molecule has 0 aliphatic carbocycles. The van der Waals surface area contributed by atoms with Crippen molar-refractivity contribution in [1.29, 1.82) is 0 Å². The third-order valence-electron chi connectivity index (χ3n) is 7.78. The molecule has 3 aliphatic heterocycles. The van der Waals surface area contributed by atoms with Gasteiger partial charge in [0.25, 0.3) is 5.91 Å². The zero-order chi connectivity index (χ0) is 28.3. The molecule has 1 spiro atoms. The Morgan fingerprint density at radius 2 is 1.69 bits per heavy atom. The monoisotopic (exact) mass is 534 g/mol. The standard InChI is InChI=1S/C30H34N2O7/c1-17-16-31-13-12-18-14-22(36-5)23(37-6)15-19(18)25(31)30(24(17)26(33)38-7)20-10-8-9-11-21(20)32(27(30)34)28(35)39-29(2,3)4/h8-11,14-16,24-25H,12-13H2,1-7H3/t24-,25+,30+/m0/s1. The average Bonchev–Trinajstić information content (AvgIpc) is 3.14. The first-order valence-corrected chi connectivity index (χ1v) is 12.9. The lowest BCUT2D eigenvalue weighted by Gasteiger charge is -2.52. The van der Waals surface area contributed by atoms with Crippen molar-refractivity contribution < 1.29 is 33.3 Å². The molecule has 9 nitrogen and oxygen atoms in total. The highest BCUT2D eigenvalue weighted by atomic mass is 16.6. The Hall–Kier alpha value is -4.01. The molecule has 0 unspecified atom stereocenters. The second-order valence-electron chi connectivity index (χ2n) is 11.1. The van der Waals surface area contributed by atoms with Gasteiger partial charge in [0.2, 0.25) is 0 Å². The molecule has 3 aliphatic rings. The number of rotatable bonds is 3. The highest BCUT2D eigenvalue weighted by Gasteiger charge is 2.67. The number of imide groups is 1. The minimum atomic E-state index is -1.51. The number of methoxy groups -OCH3 is 3. The fourth-order valence-corrected chi connectivity index (χ4v) is 6.41. The summed E-state index contributed by atoms with van der Waals surface area (Å²) in [5.41, 5.74) is 1.11. The maximum absolute atomic E-state index is 14.9. The Kier molecular flexibility index (Phi) is 6.36. The van der Waals surface area contributed by atoms with Crippen LogP contribution in [0.15, 0.2) is 48.2 Å². The van der Waals surface area contributed by atoms with E-state index in [1.807, 2.05) is 37.4 Å². The molecule has 3 atom stereocenters. The van der Waals surface area contributed by atoms with Crippen LogP contribution in [0, 0.1) is 5.92 Å². The predicted molar refractivity (Wildman–Crippen MR) is 144 cm³/mol. The van der Waals surface area contributed by atoms with Gasteiger partial charge in [0.05, 0.1) is 33.1 Å². The fraction of sp³-hybridized carbons (Fsp3) is 0.433. The number of nitrogens with zero attached hydrogens (tertiary/aromatic N) is 2. The van der Waals surface area contributed by atoms with Crippen molar-refractivity contribution in [3.05, 3.63) is 64.9 Å². The molecule has 2 aromatic carbocycles. The first-order valence-electron chi connectivity index (χ1n) is 12.9. The van der Waals surface area contributed by atoms with Crippen molar-refractivity contribution >= 4 is 23.7 Å². The molecule has 0 bridgehead atoms. The van der Waals surface area contributed by atoms with Crippen LogP contribution in [0.4, 0.5) is 10.5 Å². The largest absolute Gasteiger partial charge is 0.493 e. The summed E-state index contributed by atoms with van der Waals surface area (Å²) in [6.07, 6.45) is 1.84. The number of esters is 1. The molecule has 206 valence electrons. The molecule has 0 saturated heterocycles. The summed E-state index contributed by atoms with van der Waals surface area (Å²) in [5, 5.41) is 0. The topological polar surface area (TPSA) is 94.6 Å². The van der Waals surface area contributed by atoms with Crippen LogP contribution in [0.3, 0.4) is 0 Å². The molecule has 3 heterocycles. The molecule has 2 aromatic rings. The zero-order valence-electron chi connectivity index (χ0n) is 23.4. The van der Waals surface area contributed by atoms with Gasteiger partial charge in [-0.2, -0.15) is 0 Å². The summed E-state index contributed by atoms with van der Waals surface area (Å²) in [6, 6.07) is 10.3. The van der Waals surface area contributed by atoms with Gasteiger partial charge in [-0.3, -0.25) is 9.59 Å². The molecular weight excluding hydrogens is 500 g/mol. The predicted octanol–water partition coefficient (Wildman–Crippen LogP) is 4.53. The number of carbonyl (C=O) groups is 3. The van der Waals surface area contributed by atoms with Gasteiger partial charge < -0.3 is 23.8 Å². The lowest BCUT2D eigenvalue weighted by Crippen LogP contribution is -2.60. The number of amides is 2. The lowest BCUT2D eigenvalue weighted by molar-refractivity contribution is -0.152. The number of ether oxygens (including phenoxy) is 4. The van der Waals surface area contributed by atoms with Crippen molar-refractivity contribution in [3.8, 4) is 11.5 Å². The van der Waals surface area contributed by atoms with Gasteiger partial charge in [-0.05, 0) is 80.8 Å². The van der Waals surface area contributed by atoms with E-state index >= 15 is 0 Å². The fourth-order valence-electron chi connectivity index (χ4n) is 6.41. The van der Waals surface area contributed by atoms with Crippen molar-refractivity contribution in [2.24, 2.45) is 5.92 Å². The maximum Gasteiger partial charge on any atom is 0.421 e. The van der Waals surface area contributed by atoms with Gasteiger partial charge in [0.1, 0.15) is 16.9 Å². The number of hydrogen-bond donors (Lipinski definition) is 0. The Bertz CT molecular complexity index is 1390. The third-order valence-corrected chi connectivity index (χ3v) is 7.78. The molecule has 5 rings (SSSR count). The van der Waals surface area contributed by atoms with Gasteiger partial charge >= 0.3 is 12.1 Å². The van der Waals surface area contributed by atoms with Crippen LogP contribution in [0.5, 0.6) is 11.5 Å². The SMILES string of the molecule is COC(=O)[C@@H]1C(C)=CN2CCc3cc(OC)c(OC)cc3[C@@H]2[C@]12C(=O)N(C(=O)OC(C)(C)C)c1ccccc12. The Labute approximate surface area is 228 Å². The zero-order valence-corrected chi connectivity index (χ0v) is 23.4. The first-order chi connectivity index (χ1) is 18.5. The number of hydrogen-bond acceptors (Lipinski definition) is 8. The molecule has 0 N–H and O–H groups in total. The molecule has 0 fully saturated rings. The molecule has 9 heteroatoms. The summed E-state index contributed by atoms with van der Waals surface area (Å²) in [5.74, 6) is -0.969. The quantitative estimate of drug-likeness (QED) is 0.531. The van der Waals surface area contributed by atoms with Crippen molar-refractivity contribution in [2.75, 3.05) is 32.8 Å². The van der Waals surface area contributed by atoms with Gasteiger partial charge in [-0.25, -0.2) is 9.69 Å². The van der Waals surface area contributed by atoms with E-state index in [-0.39, 0.29) is 0 Å². The van der Waals surface area contributed by atoms with Crippen LogP contribution in [0.25, 0.3) is 0 Å². The summed E-state index contributed by atoms with van der Waals surface area (Å²) in [6.45, 7) is 7.67. The van der Waals surface area contributed by atoms with E-state index in [2.05, 4.69) is 4.90 Å². The highest BCUT2D eigenvalue weighted by Crippen LogP contribution is 2.61. The van der Waals surface area contributed by atoms with Crippen LogP contribution in [-0.4, -0.2) is 56.3 Å². The van der Waals surface area contributed by atoms with E-state index in [1.54, 1.807) is 47.1 Å². The van der Waals surface area contributed by atoms with Crippen LogP contribution in [0.1, 0.15) is 50.4 Å². The number of para-hydroxylation sites is 1. The van der Waals surface area contributed by atoms with Crippen LogP contribution in [-0.2, 0) is 30.9 Å². The number of carbonyl (C=O) groups excluding carboxylic acids is 3. The van der Waals surface area contributed by atoms with Crippen LogP contribution in [0.2, 0.25) is 0 Å². The van der Waals surface area contributed by atoms with Crippen LogP contribution < -0.4 is 14.4 Å². The Morgan fingerprint density at radius 3 is 2.33 bits per heavy atom. The second-order valence-corrected chi connectivity index (χ2v) is 11.1. The summed E-state index contributed by atoms with van der Waals surface area (Å²) in [4.78, 5) is 45.2. The molecule has 0 aromatic heterocycles. The minimum Gasteiger partial charge on any atom is -0.493 e. The Balaban J connectivity index is 1.84. The third kappa shape index (κ3) is 3.85.